The molecule has 15 heavy (non-hydrogen) atoms. The van der Waals surface area contributed by atoms with Crippen LogP contribution in [0.25, 0.3) is 0 Å². The van der Waals surface area contributed by atoms with Gasteiger partial charge in [0, 0.05) is 0 Å². The first-order valence-electron chi connectivity index (χ1n) is 5.36. The summed E-state index contributed by atoms with van der Waals surface area (Å²) in [6, 6.07) is 0. The van der Waals surface area contributed by atoms with Crippen LogP contribution in [0.3, 0.4) is 0 Å². The molecule has 84 valence electrons. The molecule has 1 fully saturated rings. The first-order chi connectivity index (χ1) is 7.34. The quantitative estimate of drug-likeness (QED) is 0.809. The van der Waals surface area contributed by atoms with Crippen LogP contribution in [0.15, 0.2) is 0 Å². The standard InChI is InChI=1S/C9H17N5S/c1-14-12-9(11-13-14)7-10-6-8-2-4-15-5-3-8/h8,10H,2-7H2,1H3. The number of nitrogens with one attached hydrogen (secondary N) is 1. The van der Waals surface area contributed by atoms with Gasteiger partial charge in [0.1, 0.15) is 0 Å². The average Bonchev–Trinajstić information content (AvgIpc) is 2.66. The Morgan fingerprint density at radius 1 is 1.47 bits per heavy atom. The topological polar surface area (TPSA) is 55.6 Å². The lowest BCUT2D eigenvalue weighted by atomic mass is 10.0. The fraction of sp³-hybridized carbons (Fsp3) is 0.889. The summed E-state index contributed by atoms with van der Waals surface area (Å²) in [7, 11) is 1.79. The summed E-state index contributed by atoms with van der Waals surface area (Å²) in [6.07, 6.45) is 2.68. The molecule has 1 aliphatic heterocycles. The summed E-state index contributed by atoms with van der Waals surface area (Å²) in [6.45, 7) is 1.82. The summed E-state index contributed by atoms with van der Waals surface area (Å²) in [5.74, 6) is 4.25. The number of aryl methyl sites for hydroxylation is 1. The third-order valence-corrected chi connectivity index (χ3v) is 3.66. The van der Waals surface area contributed by atoms with Crippen molar-refractivity contribution in [3.63, 3.8) is 0 Å². The van der Waals surface area contributed by atoms with E-state index in [1.165, 1.54) is 29.1 Å². The van der Waals surface area contributed by atoms with Crippen LogP contribution in [-0.4, -0.2) is 38.3 Å². The fourth-order valence-electron chi connectivity index (χ4n) is 1.73. The zero-order valence-corrected chi connectivity index (χ0v) is 9.83. The van der Waals surface area contributed by atoms with E-state index in [-0.39, 0.29) is 0 Å². The Morgan fingerprint density at radius 3 is 2.93 bits per heavy atom. The number of rotatable bonds is 4. The van der Waals surface area contributed by atoms with E-state index in [4.69, 9.17) is 0 Å². The normalized spacial score (nSPS) is 18.2. The van der Waals surface area contributed by atoms with Crippen LogP contribution in [-0.2, 0) is 13.6 Å². The molecule has 0 saturated carbocycles. The van der Waals surface area contributed by atoms with E-state index in [2.05, 4.69) is 32.5 Å². The molecule has 0 atom stereocenters. The highest BCUT2D eigenvalue weighted by molar-refractivity contribution is 7.99. The lowest BCUT2D eigenvalue weighted by Crippen LogP contribution is -2.25. The van der Waals surface area contributed by atoms with Gasteiger partial charge in [-0.3, -0.25) is 0 Å². The monoisotopic (exact) mass is 227 g/mol. The van der Waals surface area contributed by atoms with Crippen molar-refractivity contribution in [2.24, 2.45) is 13.0 Å². The molecular formula is C9H17N5S. The lowest BCUT2D eigenvalue weighted by molar-refractivity contribution is 0.444. The van der Waals surface area contributed by atoms with E-state index in [1.54, 1.807) is 7.05 Å². The molecule has 0 radical (unpaired) electrons. The van der Waals surface area contributed by atoms with E-state index in [0.29, 0.717) is 0 Å². The maximum atomic E-state index is 4.12. The highest BCUT2D eigenvalue weighted by atomic mass is 32.2. The van der Waals surface area contributed by atoms with Crippen LogP contribution in [0, 0.1) is 5.92 Å². The molecule has 2 heterocycles. The van der Waals surface area contributed by atoms with Gasteiger partial charge >= 0.3 is 0 Å². The van der Waals surface area contributed by atoms with E-state index in [9.17, 15) is 0 Å². The van der Waals surface area contributed by atoms with Crippen molar-refractivity contribution >= 4 is 11.8 Å². The third kappa shape index (κ3) is 3.46. The second-order valence-corrected chi connectivity index (χ2v) is 5.11. The van der Waals surface area contributed by atoms with Crippen LogP contribution in [0.4, 0.5) is 0 Å². The van der Waals surface area contributed by atoms with Crippen molar-refractivity contribution in [1.82, 2.24) is 25.5 Å². The van der Waals surface area contributed by atoms with Crippen molar-refractivity contribution in [3.05, 3.63) is 5.82 Å². The Bertz CT molecular complexity index is 294. The maximum Gasteiger partial charge on any atom is 0.188 e. The van der Waals surface area contributed by atoms with Gasteiger partial charge in [-0.1, -0.05) is 0 Å². The molecule has 1 N–H and O–H groups in total. The molecule has 0 amide bonds. The van der Waals surface area contributed by atoms with Gasteiger partial charge in [-0.05, 0) is 42.0 Å². The van der Waals surface area contributed by atoms with Gasteiger partial charge < -0.3 is 5.32 Å². The summed E-state index contributed by atoms with van der Waals surface area (Å²) >= 11 is 2.07. The minimum absolute atomic E-state index is 0.734. The third-order valence-electron chi connectivity index (χ3n) is 2.61. The largest absolute Gasteiger partial charge is 0.309 e. The summed E-state index contributed by atoms with van der Waals surface area (Å²) in [5.41, 5.74) is 0. The highest BCUT2D eigenvalue weighted by Gasteiger charge is 2.13. The first-order valence-corrected chi connectivity index (χ1v) is 6.51. The molecule has 0 unspecified atom stereocenters. The van der Waals surface area contributed by atoms with Crippen LogP contribution < -0.4 is 5.32 Å². The highest BCUT2D eigenvalue weighted by Crippen LogP contribution is 2.21. The Kier molecular flexibility index (Phi) is 3.96. The lowest BCUT2D eigenvalue weighted by Gasteiger charge is -2.21. The Labute approximate surface area is 94.0 Å². The van der Waals surface area contributed by atoms with Gasteiger partial charge in [-0.2, -0.15) is 16.6 Å². The predicted molar refractivity (Wildman–Crippen MR) is 60.6 cm³/mol. The Balaban J connectivity index is 1.65. The molecule has 1 saturated heterocycles. The van der Waals surface area contributed by atoms with Gasteiger partial charge in [0.2, 0.25) is 0 Å². The number of hydrogen-bond donors (Lipinski definition) is 1. The molecule has 0 aromatic carbocycles. The van der Waals surface area contributed by atoms with Gasteiger partial charge in [-0.25, -0.2) is 0 Å². The molecule has 1 aromatic heterocycles. The molecule has 0 spiro atoms. The minimum atomic E-state index is 0.734. The average molecular weight is 227 g/mol. The zero-order valence-electron chi connectivity index (χ0n) is 9.02. The van der Waals surface area contributed by atoms with Crippen molar-refractivity contribution in [2.75, 3.05) is 18.1 Å². The Morgan fingerprint density at radius 2 is 2.27 bits per heavy atom. The predicted octanol–water partition coefficient (Wildman–Crippen LogP) is 0.443. The molecule has 5 nitrogen and oxygen atoms in total. The summed E-state index contributed by atoms with van der Waals surface area (Å²) in [4.78, 5) is 1.49. The second-order valence-electron chi connectivity index (χ2n) is 3.88. The van der Waals surface area contributed by atoms with Gasteiger partial charge in [0.05, 0.1) is 13.6 Å². The van der Waals surface area contributed by atoms with Crippen LogP contribution in [0.5, 0.6) is 0 Å². The number of nitrogens with zero attached hydrogens (tertiary/aromatic N) is 4. The van der Waals surface area contributed by atoms with Gasteiger partial charge in [0.25, 0.3) is 0 Å². The van der Waals surface area contributed by atoms with E-state index in [0.717, 1.165) is 24.8 Å². The summed E-state index contributed by atoms with van der Waals surface area (Å²) in [5, 5.41) is 15.2. The van der Waals surface area contributed by atoms with E-state index < -0.39 is 0 Å². The molecule has 6 heteroatoms. The molecule has 0 aliphatic carbocycles. The van der Waals surface area contributed by atoms with Gasteiger partial charge in [-0.15, -0.1) is 10.2 Å². The van der Waals surface area contributed by atoms with E-state index in [1.807, 2.05) is 0 Å². The molecule has 1 aliphatic rings. The minimum Gasteiger partial charge on any atom is -0.309 e. The molecule has 2 rings (SSSR count). The van der Waals surface area contributed by atoms with Crippen molar-refractivity contribution in [1.29, 1.82) is 0 Å². The van der Waals surface area contributed by atoms with Crippen LogP contribution >= 0.6 is 11.8 Å². The maximum absolute atomic E-state index is 4.12. The summed E-state index contributed by atoms with van der Waals surface area (Å²) < 4.78 is 0. The van der Waals surface area contributed by atoms with Gasteiger partial charge in [0.15, 0.2) is 5.82 Å². The second kappa shape index (κ2) is 5.46. The van der Waals surface area contributed by atoms with Crippen molar-refractivity contribution in [3.8, 4) is 0 Å². The number of hydrogen-bond acceptors (Lipinski definition) is 5. The molecule has 1 aromatic rings. The van der Waals surface area contributed by atoms with Crippen LogP contribution in [0.2, 0.25) is 0 Å². The zero-order chi connectivity index (χ0) is 10.5. The smallest absolute Gasteiger partial charge is 0.188 e. The number of thioether (sulfide) groups is 1. The van der Waals surface area contributed by atoms with E-state index >= 15 is 0 Å². The fourth-order valence-corrected chi connectivity index (χ4v) is 2.94. The molecule has 0 bridgehead atoms. The number of tetrazole rings is 1. The van der Waals surface area contributed by atoms with Crippen LogP contribution in [0.1, 0.15) is 18.7 Å². The first kappa shape index (κ1) is 10.9. The van der Waals surface area contributed by atoms with Crippen molar-refractivity contribution in [2.45, 2.75) is 19.4 Å². The number of aromatic nitrogens is 4. The SMILES string of the molecule is Cn1nnc(CNCC2CCSCC2)n1. The van der Waals surface area contributed by atoms with Crippen molar-refractivity contribution < 1.29 is 0 Å². The molecular weight excluding hydrogens is 210 g/mol. The Hall–Kier alpha value is -0.620.